The van der Waals surface area contributed by atoms with Crippen molar-refractivity contribution >= 4 is 18.2 Å². The van der Waals surface area contributed by atoms with E-state index in [9.17, 15) is 0 Å². The standard InChI is InChI=1S/C12H10N6P/c13-15-17-19(18-16-14,11-7-3-1-4-8-11)12-9-5-2-6-10-12/h1-10H/q+1. The van der Waals surface area contributed by atoms with E-state index in [1.165, 1.54) is 0 Å². The van der Waals surface area contributed by atoms with Crippen LogP contribution in [-0.2, 0) is 0 Å². The van der Waals surface area contributed by atoms with Crippen LogP contribution in [0.2, 0.25) is 0 Å². The molecule has 92 valence electrons. The minimum atomic E-state index is -2.78. The topological polar surface area (TPSA) is 97.5 Å². The summed E-state index contributed by atoms with van der Waals surface area (Å²) in [5, 5.41) is 1.47. The summed E-state index contributed by atoms with van der Waals surface area (Å²) in [6.07, 6.45) is 0. The van der Waals surface area contributed by atoms with Crippen molar-refractivity contribution in [3.63, 3.8) is 0 Å². The summed E-state index contributed by atoms with van der Waals surface area (Å²) in [6.45, 7) is 0. The lowest BCUT2D eigenvalue weighted by molar-refractivity contribution is 1.57. The van der Waals surface area contributed by atoms with Crippen LogP contribution in [0.1, 0.15) is 0 Å². The maximum Gasteiger partial charge on any atom is 0.301 e. The normalized spacial score (nSPS) is 10.1. The summed E-state index contributed by atoms with van der Waals surface area (Å²) in [5.41, 5.74) is 17.7. The molecule has 0 bridgehead atoms. The second-order valence-corrected chi connectivity index (χ2v) is 6.22. The molecule has 0 atom stereocenters. The number of hydrogen-bond acceptors (Lipinski definition) is 2. The molecule has 19 heavy (non-hydrogen) atoms. The fourth-order valence-corrected chi connectivity index (χ4v) is 3.92. The molecule has 0 aliphatic carbocycles. The van der Waals surface area contributed by atoms with Crippen molar-refractivity contribution < 1.29 is 0 Å². The Morgan fingerprint density at radius 2 is 1.05 bits per heavy atom. The third-order valence-electron chi connectivity index (χ3n) is 2.57. The van der Waals surface area contributed by atoms with E-state index in [4.69, 9.17) is 11.1 Å². The summed E-state index contributed by atoms with van der Waals surface area (Å²) < 4.78 is 0. The Labute approximate surface area is 110 Å². The molecule has 0 aliphatic rings. The zero-order chi connectivity index (χ0) is 13.6. The monoisotopic (exact) mass is 269 g/mol. The van der Waals surface area contributed by atoms with Crippen molar-refractivity contribution in [2.24, 2.45) is 9.77 Å². The van der Waals surface area contributed by atoms with Gasteiger partial charge in [-0.3, -0.25) is 0 Å². The minimum absolute atomic E-state index is 0.733. The van der Waals surface area contributed by atoms with Gasteiger partial charge in [0.25, 0.3) is 0 Å². The van der Waals surface area contributed by atoms with Crippen LogP contribution in [-0.4, -0.2) is 0 Å². The van der Waals surface area contributed by atoms with Gasteiger partial charge in [-0.1, -0.05) is 36.4 Å². The van der Waals surface area contributed by atoms with Gasteiger partial charge < -0.3 is 0 Å². The third kappa shape index (κ3) is 2.51. The zero-order valence-electron chi connectivity index (χ0n) is 9.90. The van der Waals surface area contributed by atoms with Crippen molar-refractivity contribution in [3.8, 4) is 0 Å². The van der Waals surface area contributed by atoms with Crippen molar-refractivity contribution in [2.45, 2.75) is 0 Å². The molecule has 0 saturated heterocycles. The quantitative estimate of drug-likeness (QED) is 0.345. The molecule has 0 aliphatic heterocycles. The van der Waals surface area contributed by atoms with Gasteiger partial charge in [0, 0.05) is 9.82 Å². The molecule has 2 rings (SSSR count). The Morgan fingerprint density at radius 3 is 1.37 bits per heavy atom. The van der Waals surface area contributed by atoms with Gasteiger partial charge in [0.15, 0.2) is 0 Å². The van der Waals surface area contributed by atoms with Gasteiger partial charge in [-0.2, -0.15) is 0 Å². The maximum absolute atomic E-state index is 8.85. The highest BCUT2D eigenvalue weighted by atomic mass is 31.2. The van der Waals surface area contributed by atoms with E-state index in [0.717, 1.165) is 10.6 Å². The average Bonchev–Trinajstić information content (AvgIpc) is 2.49. The molecular weight excluding hydrogens is 259 g/mol. The van der Waals surface area contributed by atoms with Crippen LogP contribution in [0, 0.1) is 0 Å². The Kier molecular flexibility index (Phi) is 4.01. The molecule has 6 nitrogen and oxygen atoms in total. The van der Waals surface area contributed by atoms with Gasteiger partial charge in [0.2, 0.25) is 0 Å². The predicted octanol–water partition coefficient (Wildman–Crippen LogP) is 4.11. The lowest BCUT2D eigenvalue weighted by Crippen LogP contribution is -2.18. The number of nitrogens with zero attached hydrogens (tertiary/aromatic N) is 6. The molecule has 0 N–H and O–H groups in total. The highest BCUT2D eigenvalue weighted by Crippen LogP contribution is 2.59. The number of hydrogen-bond donors (Lipinski definition) is 0. The van der Waals surface area contributed by atoms with Gasteiger partial charge in [0.1, 0.15) is 10.6 Å². The van der Waals surface area contributed by atoms with E-state index in [1.807, 2.05) is 60.7 Å². The largest absolute Gasteiger partial charge is 0.301 e. The van der Waals surface area contributed by atoms with Crippen molar-refractivity contribution in [3.05, 3.63) is 81.5 Å². The molecular formula is C12H10N6P+. The Morgan fingerprint density at radius 1 is 0.684 bits per heavy atom. The molecule has 0 radical (unpaired) electrons. The molecule has 0 aromatic heterocycles. The molecule has 0 saturated carbocycles. The molecule has 0 amide bonds. The summed E-state index contributed by atoms with van der Waals surface area (Å²) in [6, 6.07) is 18.3. The summed E-state index contributed by atoms with van der Waals surface area (Å²) in [5.74, 6) is 0. The minimum Gasteiger partial charge on any atom is -0.0620 e. The van der Waals surface area contributed by atoms with Crippen LogP contribution in [0.5, 0.6) is 0 Å². The molecule has 2 aromatic rings. The maximum atomic E-state index is 8.85. The van der Waals surface area contributed by atoms with Crippen LogP contribution in [0.3, 0.4) is 0 Å². The molecule has 0 spiro atoms. The molecule has 0 unspecified atom stereocenters. The predicted molar refractivity (Wildman–Crippen MR) is 77.4 cm³/mol. The van der Waals surface area contributed by atoms with Crippen LogP contribution >= 0.6 is 7.56 Å². The van der Waals surface area contributed by atoms with E-state index in [1.54, 1.807) is 0 Å². The van der Waals surface area contributed by atoms with Gasteiger partial charge in [0.05, 0.1) is 9.77 Å². The first-order valence-electron chi connectivity index (χ1n) is 5.47. The average molecular weight is 269 g/mol. The van der Waals surface area contributed by atoms with E-state index < -0.39 is 7.56 Å². The van der Waals surface area contributed by atoms with Crippen molar-refractivity contribution in [1.82, 2.24) is 0 Å². The van der Waals surface area contributed by atoms with Gasteiger partial charge in [-0.15, -0.1) is 0 Å². The van der Waals surface area contributed by atoms with E-state index in [-0.39, 0.29) is 0 Å². The van der Waals surface area contributed by atoms with E-state index in [2.05, 4.69) is 19.6 Å². The van der Waals surface area contributed by atoms with Crippen molar-refractivity contribution in [2.75, 3.05) is 0 Å². The summed E-state index contributed by atoms with van der Waals surface area (Å²) in [4.78, 5) is 13.5. The SMILES string of the molecule is [N-]=[N+]=N[P+](N=[N+]=[N-])(c1ccccc1)c1ccccc1. The second kappa shape index (κ2) is 5.89. The first kappa shape index (κ1) is 12.9. The van der Waals surface area contributed by atoms with E-state index in [0.29, 0.717) is 0 Å². The van der Waals surface area contributed by atoms with Gasteiger partial charge in [-0.05, 0) is 35.3 Å². The van der Waals surface area contributed by atoms with Crippen LogP contribution in [0.4, 0.5) is 0 Å². The third-order valence-corrected chi connectivity index (χ3v) is 5.29. The molecule has 0 fully saturated rings. The van der Waals surface area contributed by atoms with Crippen LogP contribution in [0.15, 0.2) is 70.4 Å². The summed E-state index contributed by atoms with van der Waals surface area (Å²) >= 11 is 0. The summed E-state index contributed by atoms with van der Waals surface area (Å²) in [7, 11) is -2.78. The van der Waals surface area contributed by atoms with Gasteiger partial charge in [-0.25, -0.2) is 0 Å². The molecule has 2 aromatic carbocycles. The lowest BCUT2D eigenvalue weighted by Gasteiger charge is -2.12. The molecule has 7 heteroatoms. The highest BCUT2D eigenvalue weighted by molar-refractivity contribution is 7.87. The second-order valence-electron chi connectivity index (χ2n) is 3.63. The fraction of sp³-hybridized carbons (Fsp3) is 0. The first-order chi connectivity index (χ1) is 9.33. The zero-order valence-corrected chi connectivity index (χ0v) is 10.8. The molecule has 0 heterocycles. The van der Waals surface area contributed by atoms with Crippen LogP contribution < -0.4 is 10.6 Å². The highest BCUT2D eigenvalue weighted by Gasteiger charge is 2.44. The van der Waals surface area contributed by atoms with E-state index >= 15 is 0 Å². The number of azide groups is 1. The lowest BCUT2D eigenvalue weighted by atomic mass is 10.4. The Bertz CT molecular complexity index is 585. The number of benzene rings is 2. The number of rotatable bonds is 4. The smallest absolute Gasteiger partial charge is 0.0620 e. The Balaban J connectivity index is 2.75. The van der Waals surface area contributed by atoms with Gasteiger partial charge >= 0.3 is 7.56 Å². The van der Waals surface area contributed by atoms with Crippen LogP contribution in [0.25, 0.3) is 20.9 Å². The first-order valence-corrected chi connectivity index (χ1v) is 7.16. The fourth-order valence-electron chi connectivity index (χ4n) is 1.76. The van der Waals surface area contributed by atoms with Crippen molar-refractivity contribution in [1.29, 1.82) is 0 Å². The Hall–Kier alpha value is -2.51.